The van der Waals surface area contributed by atoms with Crippen molar-refractivity contribution in [2.75, 3.05) is 6.54 Å². The molecule has 1 amide bonds. The number of carbonyl (C=O) groups is 1. The normalized spacial score (nSPS) is 9.71. The van der Waals surface area contributed by atoms with Crippen molar-refractivity contribution in [1.82, 2.24) is 10.9 Å². The second-order valence-electron chi connectivity index (χ2n) is 3.12. The quantitative estimate of drug-likeness (QED) is 0.597. The van der Waals surface area contributed by atoms with Crippen LogP contribution in [-0.2, 0) is 11.3 Å². The number of rotatable bonds is 5. The molecule has 0 saturated heterocycles. The molecule has 1 aromatic carbocycles. The molecule has 7 heteroatoms. The fraction of sp³-hybridized carbons (Fsp3) is 0.300. The van der Waals surface area contributed by atoms with Gasteiger partial charge in [-0.05, 0) is 6.07 Å². The van der Waals surface area contributed by atoms with Gasteiger partial charge >= 0.3 is 6.09 Å². The predicted octanol–water partition coefficient (Wildman–Crippen LogP) is 1.35. The van der Waals surface area contributed by atoms with Gasteiger partial charge in [0.2, 0.25) is 0 Å². The van der Waals surface area contributed by atoms with Crippen molar-refractivity contribution in [3.8, 4) is 0 Å². The maximum Gasteiger partial charge on any atom is 0.421 e. The van der Waals surface area contributed by atoms with Crippen LogP contribution in [-0.4, -0.2) is 17.6 Å². The van der Waals surface area contributed by atoms with Gasteiger partial charge in [-0.15, -0.1) is 0 Å². The van der Waals surface area contributed by atoms with Gasteiger partial charge < -0.3 is 4.74 Å². The fourth-order valence-corrected chi connectivity index (χ4v) is 1.15. The molecule has 0 saturated carbocycles. The number of hydrogen-bond donors (Lipinski definition) is 2. The molecule has 0 fully saturated rings. The molecule has 0 atom stereocenters. The van der Waals surface area contributed by atoms with Crippen molar-refractivity contribution in [1.29, 1.82) is 0 Å². The first-order valence-electron chi connectivity index (χ1n) is 5.03. The third-order valence-electron chi connectivity index (χ3n) is 1.91. The highest BCUT2D eigenvalue weighted by atomic mass is 16.6. The average molecular weight is 239 g/mol. The molecule has 92 valence electrons. The summed E-state index contributed by atoms with van der Waals surface area (Å²) in [5.74, 6) is 0. The Balaban J connectivity index is 2.57. The van der Waals surface area contributed by atoms with E-state index >= 15 is 0 Å². The summed E-state index contributed by atoms with van der Waals surface area (Å²) < 4.78 is 4.80. The number of carbonyl (C=O) groups excluding carboxylic acids is 1. The number of hydrogen-bond acceptors (Lipinski definition) is 5. The Kier molecular flexibility index (Phi) is 4.89. The summed E-state index contributed by atoms with van der Waals surface area (Å²) in [5.41, 5.74) is 5.12. The molecule has 0 aliphatic rings. The highest BCUT2D eigenvalue weighted by Gasteiger charge is 2.13. The van der Waals surface area contributed by atoms with Crippen molar-refractivity contribution in [3.63, 3.8) is 0 Å². The third kappa shape index (κ3) is 4.07. The lowest BCUT2D eigenvalue weighted by atomic mass is 10.2. The standard InChI is InChI=1S/C10H13N3O4/c1-2-11-12-10(14)17-7-8-5-3-4-6-9(8)13(15)16/h3-6,11H,2,7H2,1H3,(H,12,14). The Morgan fingerprint density at radius 1 is 1.47 bits per heavy atom. The Bertz CT molecular complexity index is 408. The van der Waals surface area contributed by atoms with Crippen LogP contribution in [0.25, 0.3) is 0 Å². The molecular weight excluding hydrogens is 226 g/mol. The summed E-state index contributed by atoms with van der Waals surface area (Å²) >= 11 is 0. The van der Waals surface area contributed by atoms with Crippen LogP contribution < -0.4 is 10.9 Å². The van der Waals surface area contributed by atoms with Crippen molar-refractivity contribution in [3.05, 3.63) is 39.9 Å². The number of nitro benzene ring substituents is 1. The lowest BCUT2D eigenvalue weighted by Crippen LogP contribution is -2.37. The zero-order chi connectivity index (χ0) is 12.7. The second kappa shape index (κ2) is 6.44. The van der Waals surface area contributed by atoms with Crippen molar-refractivity contribution in [2.24, 2.45) is 0 Å². The first-order chi connectivity index (χ1) is 8.15. The highest BCUT2D eigenvalue weighted by Crippen LogP contribution is 2.18. The minimum absolute atomic E-state index is 0.0660. The van der Waals surface area contributed by atoms with E-state index in [1.165, 1.54) is 6.07 Å². The van der Waals surface area contributed by atoms with Gasteiger partial charge in [-0.25, -0.2) is 10.2 Å². The maximum absolute atomic E-state index is 11.1. The third-order valence-corrected chi connectivity index (χ3v) is 1.91. The zero-order valence-electron chi connectivity index (χ0n) is 9.30. The van der Waals surface area contributed by atoms with Crippen LogP contribution in [0.1, 0.15) is 12.5 Å². The summed E-state index contributed by atoms with van der Waals surface area (Å²) in [5, 5.41) is 10.7. The largest absolute Gasteiger partial charge is 0.443 e. The van der Waals surface area contributed by atoms with E-state index in [0.717, 1.165) is 0 Å². The molecule has 0 spiro atoms. The number of para-hydroxylation sites is 1. The second-order valence-corrected chi connectivity index (χ2v) is 3.12. The fourth-order valence-electron chi connectivity index (χ4n) is 1.15. The van der Waals surface area contributed by atoms with Gasteiger partial charge in [0.1, 0.15) is 6.61 Å². The first-order valence-corrected chi connectivity index (χ1v) is 5.03. The molecule has 17 heavy (non-hydrogen) atoms. The van der Waals surface area contributed by atoms with Crippen LogP contribution in [0.5, 0.6) is 0 Å². The van der Waals surface area contributed by atoms with Gasteiger partial charge in [0.25, 0.3) is 5.69 Å². The molecule has 0 aromatic heterocycles. The molecule has 1 aromatic rings. The van der Waals surface area contributed by atoms with E-state index in [1.807, 2.05) is 6.92 Å². The lowest BCUT2D eigenvalue weighted by molar-refractivity contribution is -0.385. The minimum Gasteiger partial charge on any atom is -0.443 e. The Morgan fingerprint density at radius 3 is 2.82 bits per heavy atom. The molecule has 0 radical (unpaired) electrons. The van der Waals surface area contributed by atoms with Crippen LogP contribution in [0.3, 0.4) is 0 Å². The van der Waals surface area contributed by atoms with Gasteiger partial charge in [-0.2, -0.15) is 0 Å². The zero-order valence-corrected chi connectivity index (χ0v) is 9.30. The van der Waals surface area contributed by atoms with Crippen LogP contribution in [0.2, 0.25) is 0 Å². The van der Waals surface area contributed by atoms with E-state index in [4.69, 9.17) is 4.74 Å². The monoisotopic (exact) mass is 239 g/mol. The van der Waals surface area contributed by atoms with Gasteiger partial charge in [0, 0.05) is 12.6 Å². The molecule has 1 rings (SSSR count). The lowest BCUT2D eigenvalue weighted by Gasteiger charge is -2.06. The molecule has 0 aliphatic carbocycles. The predicted molar refractivity (Wildman–Crippen MR) is 60.1 cm³/mol. The van der Waals surface area contributed by atoms with Crippen LogP contribution in [0.15, 0.2) is 24.3 Å². The minimum atomic E-state index is -0.676. The van der Waals surface area contributed by atoms with Gasteiger partial charge in [-0.1, -0.05) is 19.1 Å². The van der Waals surface area contributed by atoms with Crippen LogP contribution >= 0.6 is 0 Å². The maximum atomic E-state index is 11.1. The number of nitrogens with zero attached hydrogens (tertiary/aromatic N) is 1. The van der Waals surface area contributed by atoms with Gasteiger partial charge in [-0.3, -0.25) is 15.5 Å². The number of amides is 1. The number of nitro groups is 1. The molecule has 0 aliphatic heterocycles. The van der Waals surface area contributed by atoms with Gasteiger partial charge in [0.15, 0.2) is 0 Å². The highest BCUT2D eigenvalue weighted by molar-refractivity contribution is 5.66. The number of benzene rings is 1. The summed E-state index contributed by atoms with van der Waals surface area (Å²) in [7, 11) is 0. The van der Waals surface area contributed by atoms with E-state index in [2.05, 4.69) is 10.9 Å². The van der Waals surface area contributed by atoms with Crippen molar-refractivity contribution >= 4 is 11.8 Å². The van der Waals surface area contributed by atoms with E-state index in [1.54, 1.807) is 18.2 Å². The van der Waals surface area contributed by atoms with Crippen molar-refractivity contribution in [2.45, 2.75) is 13.5 Å². The number of ether oxygens (including phenoxy) is 1. The summed E-state index contributed by atoms with van der Waals surface area (Å²) in [6.45, 7) is 2.22. The van der Waals surface area contributed by atoms with E-state index in [-0.39, 0.29) is 12.3 Å². The van der Waals surface area contributed by atoms with Crippen LogP contribution in [0, 0.1) is 10.1 Å². The SMILES string of the molecule is CCNNC(=O)OCc1ccccc1[N+](=O)[O-]. The Morgan fingerprint density at radius 2 is 2.18 bits per heavy atom. The first kappa shape index (κ1) is 12.9. The number of hydrazine groups is 1. The molecule has 0 bridgehead atoms. The molecular formula is C10H13N3O4. The summed E-state index contributed by atoms with van der Waals surface area (Å²) in [6.07, 6.45) is -0.676. The van der Waals surface area contributed by atoms with Gasteiger partial charge in [0.05, 0.1) is 10.5 Å². The molecule has 0 unspecified atom stereocenters. The Hall–Kier alpha value is -2.15. The topological polar surface area (TPSA) is 93.5 Å². The van der Waals surface area contributed by atoms with Crippen molar-refractivity contribution < 1.29 is 14.5 Å². The van der Waals surface area contributed by atoms with E-state index in [0.29, 0.717) is 12.1 Å². The summed E-state index contributed by atoms with van der Waals surface area (Å²) in [6, 6.07) is 6.10. The molecule has 2 N–H and O–H groups in total. The number of nitrogens with one attached hydrogen (secondary N) is 2. The van der Waals surface area contributed by atoms with E-state index in [9.17, 15) is 14.9 Å². The average Bonchev–Trinajstić information content (AvgIpc) is 2.34. The van der Waals surface area contributed by atoms with E-state index < -0.39 is 11.0 Å². The summed E-state index contributed by atoms with van der Waals surface area (Å²) in [4.78, 5) is 21.3. The van der Waals surface area contributed by atoms with Crippen LogP contribution in [0.4, 0.5) is 10.5 Å². The smallest absolute Gasteiger partial charge is 0.421 e. The Labute approximate surface area is 97.9 Å². The molecule has 7 nitrogen and oxygen atoms in total. The molecule has 0 heterocycles.